The molecule has 1 aromatic carbocycles. The van der Waals surface area contributed by atoms with Crippen LogP contribution < -0.4 is 0 Å². The van der Waals surface area contributed by atoms with E-state index in [1.54, 1.807) is 13.0 Å². The minimum Gasteiger partial charge on any atom is -0.478 e. The standard InChI is InChI=1S/C11H10O4/c1-2-6-15-11(14)9-5-3-4-8(7-9)10(12)13/h2-7H,1H3,(H,12,13). The van der Waals surface area contributed by atoms with Gasteiger partial charge in [-0.15, -0.1) is 0 Å². The number of carbonyl (C=O) groups is 2. The predicted octanol–water partition coefficient (Wildman–Crippen LogP) is 2.08. The van der Waals surface area contributed by atoms with E-state index in [9.17, 15) is 9.59 Å². The third-order valence-electron chi connectivity index (χ3n) is 1.66. The molecule has 1 aromatic rings. The minimum atomic E-state index is -1.07. The van der Waals surface area contributed by atoms with Crippen LogP contribution >= 0.6 is 0 Å². The van der Waals surface area contributed by atoms with Crippen LogP contribution in [-0.2, 0) is 4.74 Å². The van der Waals surface area contributed by atoms with Gasteiger partial charge in [-0.25, -0.2) is 9.59 Å². The summed E-state index contributed by atoms with van der Waals surface area (Å²) >= 11 is 0. The van der Waals surface area contributed by atoms with Crippen LogP contribution in [0, 0.1) is 0 Å². The molecule has 0 radical (unpaired) electrons. The number of ether oxygens (including phenoxy) is 1. The molecule has 4 nitrogen and oxygen atoms in total. The molecule has 1 rings (SSSR count). The van der Waals surface area contributed by atoms with E-state index < -0.39 is 11.9 Å². The van der Waals surface area contributed by atoms with Gasteiger partial charge in [-0.1, -0.05) is 12.1 Å². The van der Waals surface area contributed by atoms with Gasteiger partial charge < -0.3 is 9.84 Å². The van der Waals surface area contributed by atoms with E-state index in [1.165, 1.54) is 30.5 Å². The van der Waals surface area contributed by atoms with Crippen LogP contribution in [0.15, 0.2) is 36.6 Å². The van der Waals surface area contributed by atoms with Gasteiger partial charge in [-0.2, -0.15) is 0 Å². The van der Waals surface area contributed by atoms with E-state index in [0.29, 0.717) is 0 Å². The Balaban J connectivity index is 2.90. The Morgan fingerprint density at radius 2 is 2.00 bits per heavy atom. The van der Waals surface area contributed by atoms with Crippen LogP contribution in [-0.4, -0.2) is 17.0 Å². The highest BCUT2D eigenvalue weighted by molar-refractivity contribution is 5.94. The van der Waals surface area contributed by atoms with Gasteiger partial charge in [0.25, 0.3) is 0 Å². The number of carbonyl (C=O) groups excluding carboxylic acids is 1. The SMILES string of the molecule is CC=COC(=O)c1cccc(C(=O)O)c1. The molecule has 0 unspecified atom stereocenters. The van der Waals surface area contributed by atoms with Crippen molar-refractivity contribution in [2.45, 2.75) is 6.92 Å². The molecule has 0 aliphatic carbocycles. The normalized spacial score (nSPS) is 10.2. The quantitative estimate of drug-likeness (QED) is 0.607. The fraction of sp³-hybridized carbons (Fsp3) is 0.0909. The lowest BCUT2D eigenvalue weighted by atomic mass is 10.1. The maximum absolute atomic E-state index is 11.3. The highest BCUT2D eigenvalue weighted by Crippen LogP contribution is 2.07. The Kier molecular flexibility index (Phi) is 3.62. The summed E-state index contributed by atoms with van der Waals surface area (Å²) in [6.45, 7) is 1.71. The highest BCUT2D eigenvalue weighted by Gasteiger charge is 2.09. The van der Waals surface area contributed by atoms with E-state index in [4.69, 9.17) is 9.84 Å². The number of esters is 1. The van der Waals surface area contributed by atoms with Crippen molar-refractivity contribution in [3.05, 3.63) is 47.7 Å². The molecular weight excluding hydrogens is 196 g/mol. The number of benzene rings is 1. The van der Waals surface area contributed by atoms with Crippen molar-refractivity contribution in [3.63, 3.8) is 0 Å². The molecule has 0 aromatic heterocycles. The van der Waals surface area contributed by atoms with Crippen LogP contribution in [0.25, 0.3) is 0 Å². The number of hydrogen-bond donors (Lipinski definition) is 1. The van der Waals surface area contributed by atoms with E-state index in [0.717, 1.165) is 0 Å². The van der Waals surface area contributed by atoms with Gasteiger partial charge in [0.15, 0.2) is 0 Å². The fourth-order valence-electron chi connectivity index (χ4n) is 0.977. The lowest BCUT2D eigenvalue weighted by Gasteiger charge is -2.00. The van der Waals surface area contributed by atoms with Crippen molar-refractivity contribution < 1.29 is 19.4 Å². The van der Waals surface area contributed by atoms with E-state index in [-0.39, 0.29) is 11.1 Å². The third kappa shape index (κ3) is 2.95. The van der Waals surface area contributed by atoms with Gasteiger partial charge >= 0.3 is 11.9 Å². The Hall–Kier alpha value is -2.10. The third-order valence-corrected chi connectivity index (χ3v) is 1.66. The second kappa shape index (κ2) is 4.95. The first kappa shape index (κ1) is 11.0. The topological polar surface area (TPSA) is 63.6 Å². The smallest absolute Gasteiger partial charge is 0.342 e. The Labute approximate surface area is 86.8 Å². The predicted molar refractivity (Wildman–Crippen MR) is 53.6 cm³/mol. The van der Waals surface area contributed by atoms with Crippen LogP contribution in [0.2, 0.25) is 0 Å². The van der Waals surface area contributed by atoms with E-state index in [1.807, 2.05) is 0 Å². The lowest BCUT2D eigenvalue weighted by molar-refractivity contribution is 0.0662. The molecule has 78 valence electrons. The fourth-order valence-corrected chi connectivity index (χ4v) is 0.977. The second-order valence-electron chi connectivity index (χ2n) is 2.76. The molecule has 0 saturated carbocycles. The summed E-state index contributed by atoms with van der Waals surface area (Å²) < 4.78 is 4.70. The minimum absolute atomic E-state index is 0.0601. The summed E-state index contributed by atoms with van der Waals surface area (Å²) in [6, 6.07) is 5.68. The zero-order valence-corrected chi connectivity index (χ0v) is 8.14. The summed E-state index contributed by atoms with van der Waals surface area (Å²) in [5.41, 5.74) is 0.276. The van der Waals surface area contributed by atoms with Crippen molar-refractivity contribution in [2.75, 3.05) is 0 Å². The molecule has 0 heterocycles. The summed E-state index contributed by atoms with van der Waals surface area (Å²) in [7, 11) is 0. The van der Waals surface area contributed by atoms with Gasteiger partial charge in [0, 0.05) is 0 Å². The van der Waals surface area contributed by atoms with Gasteiger partial charge in [0.2, 0.25) is 0 Å². The average molecular weight is 206 g/mol. The van der Waals surface area contributed by atoms with Crippen molar-refractivity contribution in [2.24, 2.45) is 0 Å². The summed E-state index contributed by atoms with van der Waals surface area (Å²) in [5, 5.41) is 8.70. The Morgan fingerprint density at radius 1 is 1.33 bits per heavy atom. The molecule has 0 amide bonds. The van der Waals surface area contributed by atoms with Gasteiger partial charge in [-0.05, 0) is 25.1 Å². The lowest BCUT2D eigenvalue weighted by Crippen LogP contribution is -2.03. The molecule has 0 atom stereocenters. The van der Waals surface area contributed by atoms with E-state index >= 15 is 0 Å². The molecule has 0 bridgehead atoms. The average Bonchev–Trinajstić information content (AvgIpc) is 2.26. The zero-order valence-electron chi connectivity index (χ0n) is 8.14. The zero-order chi connectivity index (χ0) is 11.3. The Morgan fingerprint density at radius 3 is 2.60 bits per heavy atom. The van der Waals surface area contributed by atoms with Crippen molar-refractivity contribution in [3.8, 4) is 0 Å². The molecule has 0 saturated heterocycles. The molecule has 1 N–H and O–H groups in total. The van der Waals surface area contributed by atoms with Crippen molar-refractivity contribution in [1.82, 2.24) is 0 Å². The highest BCUT2D eigenvalue weighted by atomic mass is 16.5. The van der Waals surface area contributed by atoms with Crippen LogP contribution in [0.5, 0.6) is 0 Å². The number of aromatic carboxylic acids is 1. The summed E-state index contributed by atoms with van der Waals surface area (Å²) in [6.07, 6.45) is 2.81. The number of allylic oxidation sites excluding steroid dienone is 1. The number of carboxylic acids is 1. The van der Waals surface area contributed by atoms with Gasteiger partial charge in [-0.3, -0.25) is 0 Å². The first-order valence-electron chi connectivity index (χ1n) is 4.30. The van der Waals surface area contributed by atoms with Gasteiger partial charge in [0.1, 0.15) is 0 Å². The second-order valence-corrected chi connectivity index (χ2v) is 2.76. The summed E-state index contributed by atoms with van der Waals surface area (Å²) in [4.78, 5) is 21.9. The first-order valence-corrected chi connectivity index (χ1v) is 4.30. The molecule has 4 heteroatoms. The molecule has 0 aliphatic rings. The van der Waals surface area contributed by atoms with Crippen LogP contribution in [0.1, 0.15) is 27.6 Å². The molecule has 0 fully saturated rings. The number of carboxylic acid groups (broad SMARTS) is 1. The molecule has 0 aliphatic heterocycles. The van der Waals surface area contributed by atoms with Crippen molar-refractivity contribution >= 4 is 11.9 Å². The molecular formula is C11H10O4. The molecule has 0 spiro atoms. The van der Waals surface area contributed by atoms with Crippen LogP contribution in [0.3, 0.4) is 0 Å². The van der Waals surface area contributed by atoms with Gasteiger partial charge in [0.05, 0.1) is 17.4 Å². The van der Waals surface area contributed by atoms with Crippen LogP contribution in [0.4, 0.5) is 0 Å². The summed E-state index contributed by atoms with van der Waals surface area (Å²) in [5.74, 6) is -1.65. The Bertz CT molecular complexity index is 407. The monoisotopic (exact) mass is 206 g/mol. The molecule has 15 heavy (non-hydrogen) atoms. The largest absolute Gasteiger partial charge is 0.478 e. The van der Waals surface area contributed by atoms with E-state index in [2.05, 4.69) is 0 Å². The number of rotatable bonds is 3. The maximum atomic E-state index is 11.3. The number of hydrogen-bond acceptors (Lipinski definition) is 3. The maximum Gasteiger partial charge on any atom is 0.342 e. The first-order chi connectivity index (χ1) is 7.15. The van der Waals surface area contributed by atoms with Crippen molar-refractivity contribution in [1.29, 1.82) is 0 Å².